The molecule has 0 amide bonds. The molecule has 0 aliphatic heterocycles. The summed E-state index contributed by atoms with van der Waals surface area (Å²) in [6.45, 7) is 5.91. The van der Waals surface area contributed by atoms with Crippen molar-refractivity contribution in [3.63, 3.8) is 0 Å². The zero-order valence-corrected chi connectivity index (χ0v) is 11.7. The molecule has 3 nitrogen and oxygen atoms in total. The van der Waals surface area contributed by atoms with Crippen molar-refractivity contribution < 1.29 is 5.11 Å². The van der Waals surface area contributed by atoms with Gasteiger partial charge in [0.2, 0.25) is 0 Å². The van der Waals surface area contributed by atoms with E-state index in [0.29, 0.717) is 6.42 Å². The van der Waals surface area contributed by atoms with Gasteiger partial charge < -0.3 is 5.11 Å². The first-order valence-corrected chi connectivity index (χ1v) is 6.67. The highest BCUT2D eigenvalue weighted by Gasteiger charge is 2.13. The van der Waals surface area contributed by atoms with E-state index in [1.54, 1.807) is 0 Å². The number of benzene rings is 1. The fraction of sp³-hybridized carbons (Fsp3) is 0.375. The van der Waals surface area contributed by atoms with Crippen LogP contribution in [0.25, 0.3) is 0 Å². The van der Waals surface area contributed by atoms with E-state index in [-0.39, 0.29) is 0 Å². The highest BCUT2D eigenvalue weighted by atomic mass is 16.3. The molecular weight excluding hydrogens is 236 g/mol. The molecule has 0 aliphatic carbocycles. The zero-order chi connectivity index (χ0) is 13.8. The molecule has 1 heterocycles. The fourth-order valence-corrected chi connectivity index (χ4v) is 2.15. The molecule has 1 atom stereocenters. The van der Waals surface area contributed by atoms with Crippen molar-refractivity contribution in [2.45, 2.75) is 39.7 Å². The maximum Gasteiger partial charge on any atom is 0.0849 e. The number of aromatic nitrogens is 2. The third-order valence-electron chi connectivity index (χ3n) is 3.36. The lowest BCUT2D eigenvalue weighted by Crippen LogP contribution is -2.07. The van der Waals surface area contributed by atoms with Crippen molar-refractivity contribution in [3.05, 3.63) is 58.4 Å². The Morgan fingerprint density at radius 3 is 2.32 bits per heavy atom. The summed E-state index contributed by atoms with van der Waals surface area (Å²) in [6.07, 6.45) is 1.12. The Labute approximate surface area is 114 Å². The molecular formula is C16H20N2O. The molecule has 2 rings (SSSR count). The number of aliphatic hydroxyl groups excluding tert-OH is 1. The van der Waals surface area contributed by atoms with E-state index in [1.807, 2.05) is 19.9 Å². The Bertz CT molecular complexity index is 549. The van der Waals surface area contributed by atoms with Crippen LogP contribution in [0.2, 0.25) is 0 Å². The van der Waals surface area contributed by atoms with Crippen LogP contribution in [0.15, 0.2) is 30.3 Å². The largest absolute Gasteiger partial charge is 0.388 e. The van der Waals surface area contributed by atoms with Gasteiger partial charge in [0.1, 0.15) is 0 Å². The van der Waals surface area contributed by atoms with E-state index in [4.69, 9.17) is 0 Å². The number of hydrogen-bond donors (Lipinski definition) is 1. The Morgan fingerprint density at radius 1 is 1.05 bits per heavy atom. The molecule has 1 N–H and O–H groups in total. The quantitative estimate of drug-likeness (QED) is 0.914. The van der Waals surface area contributed by atoms with Crippen LogP contribution in [0.1, 0.15) is 41.1 Å². The topological polar surface area (TPSA) is 46.0 Å². The summed E-state index contributed by atoms with van der Waals surface area (Å²) >= 11 is 0. The van der Waals surface area contributed by atoms with Gasteiger partial charge >= 0.3 is 0 Å². The second kappa shape index (κ2) is 5.93. The Balaban J connectivity index is 2.15. The minimum Gasteiger partial charge on any atom is -0.388 e. The van der Waals surface area contributed by atoms with Gasteiger partial charge in [-0.1, -0.05) is 31.2 Å². The lowest BCUT2D eigenvalue weighted by molar-refractivity contribution is 0.177. The minimum atomic E-state index is -0.526. The second-order valence-corrected chi connectivity index (χ2v) is 4.92. The van der Waals surface area contributed by atoms with E-state index in [9.17, 15) is 5.11 Å². The van der Waals surface area contributed by atoms with Crippen LogP contribution < -0.4 is 0 Å². The van der Waals surface area contributed by atoms with Gasteiger partial charge in [0, 0.05) is 12.0 Å². The smallest absolute Gasteiger partial charge is 0.0849 e. The van der Waals surface area contributed by atoms with Gasteiger partial charge in [0.25, 0.3) is 0 Å². The van der Waals surface area contributed by atoms with Crippen molar-refractivity contribution in [1.29, 1.82) is 0 Å². The molecule has 19 heavy (non-hydrogen) atoms. The monoisotopic (exact) mass is 256 g/mol. The van der Waals surface area contributed by atoms with Gasteiger partial charge in [-0.3, -0.25) is 0 Å². The molecule has 2 aromatic rings. The first-order valence-electron chi connectivity index (χ1n) is 6.67. The van der Waals surface area contributed by atoms with Crippen LogP contribution >= 0.6 is 0 Å². The maximum absolute atomic E-state index is 10.3. The van der Waals surface area contributed by atoms with Crippen LogP contribution in [-0.2, 0) is 12.8 Å². The summed E-state index contributed by atoms with van der Waals surface area (Å²) in [7, 11) is 0. The SMILES string of the molecule is CCc1ccc(CC(O)c2cc(C)nnc2C)cc1. The van der Waals surface area contributed by atoms with Crippen LogP contribution in [0.4, 0.5) is 0 Å². The first kappa shape index (κ1) is 13.7. The third kappa shape index (κ3) is 3.38. The lowest BCUT2D eigenvalue weighted by Gasteiger charge is -2.13. The number of rotatable bonds is 4. The number of aryl methyl sites for hydroxylation is 3. The summed E-state index contributed by atoms with van der Waals surface area (Å²) in [4.78, 5) is 0. The minimum absolute atomic E-state index is 0.526. The molecule has 0 aliphatic rings. The number of aliphatic hydroxyl groups is 1. The van der Waals surface area contributed by atoms with Gasteiger partial charge in [0.05, 0.1) is 17.5 Å². The van der Waals surface area contributed by atoms with Gasteiger partial charge in [0.15, 0.2) is 0 Å². The molecule has 1 unspecified atom stereocenters. The van der Waals surface area contributed by atoms with Crippen LogP contribution in [0, 0.1) is 13.8 Å². The van der Waals surface area contributed by atoms with Crippen LogP contribution in [0.3, 0.4) is 0 Å². The van der Waals surface area contributed by atoms with E-state index in [0.717, 1.165) is 28.9 Å². The van der Waals surface area contributed by atoms with E-state index in [2.05, 4.69) is 41.4 Å². The number of hydrogen-bond acceptors (Lipinski definition) is 3. The summed E-state index contributed by atoms with van der Waals surface area (Å²) in [5, 5.41) is 18.4. The predicted octanol–water partition coefficient (Wildman–Crippen LogP) is 2.93. The summed E-state index contributed by atoms with van der Waals surface area (Å²) in [5.74, 6) is 0. The molecule has 0 fully saturated rings. The molecule has 100 valence electrons. The Kier molecular flexibility index (Phi) is 4.27. The maximum atomic E-state index is 10.3. The van der Waals surface area contributed by atoms with Crippen LogP contribution in [-0.4, -0.2) is 15.3 Å². The zero-order valence-electron chi connectivity index (χ0n) is 11.7. The second-order valence-electron chi connectivity index (χ2n) is 4.92. The van der Waals surface area contributed by atoms with Crippen molar-refractivity contribution >= 4 is 0 Å². The molecule has 1 aromatic heterocycles. The van der Waals surface area contributed by atoms with Crippen molar-refractivity contribution in [1.82, 2.24) is 10.2 Å². The van der Waals surface area contributed by atoms with Gasteiger partial charge in [-0.05, 0) is 37.5 Å². The molecule has 0 saturated heterocycles. The van der Waals surface area contributed by atoms with Gasteiger partial charge in [-0.2, -0.15) is 10.2 Å². The normalized spacial score (nSPS) is 12.4. The Hall–Kier alpha value is -1.74. The van der Waals surface area contributed by atoms with Gasteiger partial charge in [-0.25, -0.2) is 0 Å². The molecule has 0 spiro atoms. The Morgan fingerprint density at radius 2 is 1.68 bits per heavy atom. The van der Waals surface area contributed by atoms with Crippen LogP contribution in [0.5, 0.6) is 0 Å². The fourth-order valence-electron chi connectivity index (χ4n) is 2.15. The number of nitrogens with zero attached hydrogens (tertiary/aromatic N) is 2. The third-order valence-corrected chi connectivity index (χ3v) is 3.36. The summed E-state index contributed by atoms with van der Waals surface area (Å²) in [5.41, 5.74) is 4.95. The van der Waals surface area contributed by atoms with Crippen molar-refractivity contribution in [2.75, 3.05) is 0 Å². The molecule has 0 saturated carbocycles. The van der Waals surface area contributed by atoms with E-state index >= 15 is 0 Å². The summed E-state index contributed by atoms with van der Waals surface area (Å²) in [6, 6.07) is 10.3. The molecule has 0 radical (unpaired) electrons. The summed E-state index contributed by atoms with van der Waals surface area (Å²) < 4.78 is 0. The van der Waals surface area contributed by atoms with E-state index in [1.165, 1.54) is 5.56 Å². The van der Waals surface area contributed by atoms with Crippen molar-refractivity contribution in [2.24, 2.45) is 0 Å². The average molecular weight is 256 g/mol. The highest BCUT2D eigenvalue weighted by Crippen LogP contribution is 2.21. The van der Waals surface area contributed by atoms with E-state index < -0.39 is 6.10 Å². The molecule has 0 bridgehead atoms. The highest BCUT2D eigenvalue weighted by molar-refractivity contribution is 5.27. The van der Waals surface area contributed by atoms with Gasteiger partial charge in [-0.15, -0.1) is 0 Å². The predicted molar refractivity (Wildman–Crippen MR) is 76.0 cm³/mol. The standard InChI is InChI=1S/C16H20N2O/c1-4-13-5-7-14(8-6-13)10-16(19)15-9-11(2)17-18-12(15)3/h5-9,16,19H,4,10H2,1-3H3. The first-order chi connectivity index (χ1) is 9.10. The lowest BCUT2D eigenvalue weighted by atomic mass is 9.99. The molecule has 1 aromatic carbocycles. The average Bonchev–Trinajstić information content (AvgIpc) is 2.42. The molecule has 3 heteroatoms. The van der Waals surface area contributed by atoms with Crippen molar-refractivity contribution in [3.8, 4) is 0 Å².